The van der Waals surface area contributed by atoms with Crippen molar-refractivity contribution in [2.45, 2.75) is 13.2 Å². The summed E-state index contributed by atoms with van der Waals surface area (Å²) in [5, 5.41) is 1.24. The first kappa shape index (κ1) is 19.5. The lowest BCUT2D eigenvalue weighted by atomic mass is 10.1. The van der Waals surface area contributed by atoms with E-state index in [0.717, 1.165) is 22.0 Å². The summed E-state index contributed by atoms with van der Waals surface area (Å²) in [5.74, 6) is 6.87. The first-order chi connectivity index (χ1) is 16.2. The minimum atomic E-state index is -0.167. The van der Waals surface area contributed by atoms with E-state index in [-0.39, 0.29) is 18.7 Å². The van der Waals surface area contributed by atoms with E-state index in [1.54, 1.807) is 16.7 Å². The number of fused-ring (bicyclic) bond motifs is 2. The second-order valence-corrected chi connectivity index (χ2v) is 8.17. The SMILES string of the molecule is O=c1ccc2c(Cl)cc(C#Cc3ccccc3)c3c2n1Cc1nc2ccccc2nc1CO3. The zero-order valence-electron chi connectivity index (χ0n) is 17.4. The lowest BCUT2D eigenvalue weighted by Gasteiger charge is -2.21. The van der Waals surface area contributed by atoms with Crippen molar-refractivity contribution in [2.24, 2.45) is 0 Å². The Labute approximate surface area is 194 Å². The van der Waals surface area contributed by atoms with E-state index in [4.69, 9.17) is 26.3 Å². The van der Waals surface area contributed by atoms with E-state index < -0.39 is 0 Å². The van der Waals surface area contributed by atoms with Gasteiger partial charge in [0.25, 0.3) is 5.56 Å². The third-order valence-corrected chi connectivity index (χ3v) is 5.99. The van der Waals surface area contributed by atoms with Gasteiger partial charge in [-0.05, 0) is 36.4 Å². The Hall–Kier alpha value is -4.14. The van der Waals surface area contributed by atoms with Crippen LogP contribution < -0.4 is 10.3 Å². The quantitative estimate of drug-likeness (QED) is 0.314. The van der Waals surface area contributed by atoms with Crippen molar-refractivity contribution in [3.05, 3.63) is 111 Å². The molecule has 0 amide bonds. The molecule has 6 heteroatoms. The van der Waals surface area contributed by atoms with Crippen LogP contribution in [0.3, 0.4) is 0 Å². The fourth-order valence-electron chi connectivity index (χ4n) is 4.08. The number of halogens is 1. The average molecular weight is 450 g/mol. The van der Waals surface area contributed by atoms with Crippen LogP contribution in [0.1, 0.15) is 22.5 Å². The summed E-state index contributed by atoms with van der Waals surface area (Å²) in [5.41, 5.74) is 4.90. The first-order valence-corrected chi connectivity index (χ1v) is 10.9. The van der Waals surface area contributed by atoms with Gasteiger partial charge in [-0.25, -0.2) is 9.97 Å². The fourth-order valence-corrected chi connectivity index (χ4v) is 4.34. The highest BCUT2D eigenvalue weighted by Crippen LogP contribution is 2.36. The van der Waals surface area contributed by atoms with E-state index in [2.05, 4.69) is 11.8 Å². The molecule has 5 aromatic rings. The predicted octanol–water partition coefficient (Wildman–Crippen LogP) is 4.94. The summed E-state index contributed by atoms with van der Waals surface area (Å²) in [7, 11) is 0. The summed E-state index contributed by atoms with van der Waals surface area (Å²) < 4.78 is 7.93. The van der Waals surface area contributed by atoms with E-state index in [1.807, 2.05) is 54.6 Å². The standard InChI is InChI=1S/C27H16ClN3O2/c28-20-14-18(11-10-17-6-2-1-3-7-17)27-26-19(20)12-13-25(32)31(26)15-23-24(16-33-27)30-22-9-5-4-8-21(22)29-23/h1-9,12-14H,15-16H2. The normalized spacial score (nSPS) is 12.3. The Morgan fingerprint density at radius 2 is 1.61 bits per heavy atom. The number of rotatable bonds is 0. The number of aromatic nitrogens is 3. The van der Waals surface area contributed by atoms with Crippen LogP contribution in [0.15, 0.2) is 77.6 Å². The number of benzene rings is 3. The van der Waals surface area contributed by atoms with Gasteiger partial charge in [0.15, 0.2) is 5.75 Å². The molecule has 3 aromatic carbocycles. The Bertz CT molecular complexity index is 1680. The first-order valence-electron chi connectivity index (χ1n) is 10.5. The largest absolute Gasteiger partial charge is 0.484 e. The number of hydrogen-bond donors (Lipinski definition) is 0. The molecule has 5 nitrogen and oxygen atoms in total. The second kappa shape index (κ2) is 7.77. The number of para-hydroxylation sites is 2. The van der Waals surface area contributed by atoms with Gasteiger partial charge in [-0.3, -0.25) is 9.36 Å². The minimum absolute atomic E-state index is 0.167. The maximum absolute atomic E-state index is 13.0. The van der Waals surface area contributed by atoms with Crippen molar-refractivity contribution >= 4 is 33.5 Å². The van der Waals surface area contributed by atoms with Gasteiger partial charge in [0.2, 0.25) is 0 Å². The molecular formula is C27H16ClN3O2. The van der Waals surface area contributed by atoms with Gasteiger partial charge in [-0.1, -0.05) is 53.8 Å². The predicted molar refractivity (Wildman–Crippen MR) is 129 cm³/mol. The van der Waals surface area contributed by atoms with Gasteiger partial charge in [-0.15, -0.1) is 0 Å². The summed E-state index contributed by atoms with van der Waals surface area (Å²) in [4.78, 5) is 22.5. The Morgan fingerprint density at radius 3 is 2.39 bits per heavy atom. The zero-order chi connectivity index (χ0) is 22.4. The van der Waals surface area contributed by atoms with Gasteiger partial charge in [0.1, 0.15) is 12.3 Å². The highest BCUT2D eigenvalue weighted by atomic mass is 35.5. The molecule has 33 heavy (non-hydrogen) atoms. The maximum Gasteiger partial charge on any atom is 0.251 e. The van der Waals surface area contributed by atoms with Crippen LogP contribution in [0, 0.1) is 11.8 Å². The van der Waals surface area contributed by atoms with Gasteiger partial charge >= 0.3 is 0 Å². The third kappa shape index (κ3) is 3.42. The van der Waals surface area contributed by atoms with Crippen LogP contribution in [-0.2, 0) is 13.2 Å². The smallest absolute Gasteiger partial charge is 0.251 e. The molecule has 0 unspecified atom stereocenters. The molecule has 6 rings (SSSR count). The van der Waals surface area contributed by atoms with Gasteiger partial charge in [0, 0.05) is 17.0 Å². The second-order valence-electron chi connectivity index (χ2n) is 7.77. The highest BCUT2D eigenvalue weighted by Gasteiger charge is 2.22. The third-order valence-electron chi connectivity index (χ3n) is 5.67. The van der Waals surface area contributed by atoms with Crippen LogP contribution >= 0.6 is 11.6 Å². The molecule has 0 N–H and O–H groups in total. The summed E-state index contributed by atoms with van der Waals surface area (Å²) >= 11 is 6.63. The average Bonchev–Trinajstić information content (AvgIpc) is 2.83. The monoisotopic (exact) mass is 449 g/mol. The van der Waals surface area contributed by atoms with Crippen molar-refractivity contribution < 1.29 is 4.74 Å². The minimum Gasteiger partial charge on any atom is -0.484 e. The number of nitrogens with zero attached hydrogens (tertiary/aromatic N) is 3. The fraction of sp³-hybridized carbons (Fsp3) is 0.0741. The topological polar surface area (TPSA) is 57.0 Å². The van der Waals surface area contributed by atoms with Crippen LogP contribution in [0.25, 0.3) is 21.9 Å². The molecule has 0 bridgehead atoms. The Balaban J connectivity index is 1.60. The Kier molecular flexibility index (Phi) is 4.60. The van der Waals surface area contributed by atoms with E-state index in [0.29, 0.717) is 33.2 Å². The molecule has 0 spiro atoms. The molecule has 0 atom stereocenters. The molecule has 0 radical (unpaired) electrons. The number of pyridine rings is 1. The number of hydrogen-bond acceptors (Lipinski definition) is 4. The van der Waals surface area contributed by atoms with Crippen LogP contribution in [0.4, 0.5) is 0 Å². The molecule has 0 saturated heterocycles. The molecule has 3 heterocycles. The van der Waals surface area contributed by atoms with Crippen LogP contribution in [-0.4, -0.2) is 14.5 Å². The van der Waals surface area contributed by atoms with Crippen LogP contribution in [0.2, 0.25) is 5.02 Å². The van der Waals surface area contributed by atoms with E-state index in [9.17, 15) is 4.79 Å². The van der Waals surface area contributed by atoms with Gasteiger partial charge < -0.3 is 4.74 Å². The van der Waals surface area contributed by atoms with Crippen LogP contribution in [0.5, 0.6) is 5.75 Å². The van der Waals surface area contributed by atoms with Crippen molar-refractivity contribution in [1.29, 1.82) is 0 Å². The van der Waals surface area contributed by atoms with Crippen molar-refractivity contribution in [3.8, 4) is 17.6 Å². The summed E-state index contributed by atoms with van der Waals surface area (Å²) in [6.45, 7) is 0.485. The summed E-state index contributed by atoms with van der Waals surface area (Å²) in [6, 6.07) is 22.4. The molecule has 0 aliphatic carbocycles. The molecule has 0 saturated carbocycles. The van der Waals surface area contributed by atoms with Crippen molar-refractivity contribution in [3.63, 3.8) is 0 Å². The van der Waals surface area contributed by atoms with Gasteiger partial charge in [0.05, 0.1) is 39.4 Å². The van der Waals surface area contributed by atoms with Crippen molar-refractivity contribution in [2.75, 3.05) is 0 Å². The lowest BCUT2D eigenvalue weighted by Crippen LogP contribution is -2.24. The summed E-state index contributed by atoms with van der Waals surface area (Å²) in [6.07, 6.45) is 0. The van der Waals surface area contributed by atoms with Crippen molar-refractivity contribution in [1.82, 2.24) is 14.5 Å². The molecule has 2 aromatic heterocycles. The molecule has 158 valence electrons. The lowest BCUT2D eigenvalue weighted by molar-refractivity contribution is 0.298. The zero-order valence-corrected chi connectivity index (χ0v) is 18.1. The molecule has 0 fully saturated rings. The Morgan fingerprint density at radius 1 is 0.879 bits per heavy atom. The van der Waals surface area contributed by atoms with Gasteiger partial charge in [-0.2, -0.15) is 0 Å². The molecular weight excluding hydrogens is 434 g/mol. The maximum atomic E-state index is 13.0. The molecule has 1 aliphatic heterocycles. The van der Waals surface area contributed by atoms with E-state index in [1.165, 1.54) is 6.07 Å². The van der Waals surface area contributed by atoms with E-state index >= 15 is 0 Å². The molecule has 1 aliphatic rings. The number of ether oxygens (including phenoxy) is 1. The highest BCUT2D eigenvalue weighted by molar-refractivity contribution is 6.35.